The Morgan fingerprint density at radius 1 is 1.10 bits per heavy atom. The van der Waals surface area contributed by atoms with Crippen LogP contribution < -0.4 is 5.32 Å². The van der Waals surface area contributed by atoms with Gasteiger partial charge in [-0.1, -0.05) is 41.9 Å². The minimum Gasteiger partial charge on any atom is -0.366 e. The van der Waals surface area contributed by atoms with Crippen LogP contribution >= 0.6 is 11.6 Å². The van der Waals surface area contributed by atoms with E-state index in [1.165, 1.54) is 0 Å². The summed E-state index contributed by atoms with van der Waals surface area (Å²) in [7, 11) is 0. The Morgan fingerprint density at radius 3 is 2.76 bits per heavy atom. The zero-order valence-electron chi connectivity index (χ0n) is 11.1. The molecule has 0 bridgehead atoms. The van der Waals surface area contributed by atoms with Crippen molar-refractivity contribution in [2.45, 2.75) is 6.04 Å². The summed E-state index contributed by atoms with van der Waals surface area (Å²) in [5.74, 6) is 0. The molecule has 4 heteroatoms. The van der Waals surface area contributed by atoms with E-state index in [1.54, 1.807) is 24.5 Å². The van der Waals surface area contributed by atoms with Gasteiger partial charge in [0.15, 0.2) is 0 Å². The van der Waals surface area contributed by atoms with Gasteiger partial charge < -0.3 is 5.32 Å². The van der Waals surface area contributed by atoms with Gasteiger partial charge in [0.25, 0.3) is 0 Å². The number of pyridine rings is 1. The Kier molecular flexibility index (Phi) is 3.72. The van der Waals surface area contributed by atoms with Crippen LogP contribution in [0.1, 0.15) is 11.6 Å². The topological polar surface area (TPSA) is 48.7 Å². The van der Waals surface area contributed by atoms with E-state index in [-0.39, 0.29) is 0 Å². The lowest BCUT2D eigenvalue weighted by atomic mass is 10.0. The molecule has 0 fully saturated rings. The fourth-order valence-corrected chi connectivity index (χ4v) is 2.48. The van der Waals surface area contributed by atoms with E-state index in [4.69, 9.17) is 11.6 Å². The maximum atomic E-state index is 9.50. The van der Waals surface area contributed by atoms with Crippen LogP contribution in [0.25, 0.3) is 10.8 Å². The lowest BCUT2D eigenvalue weighted by Gasteiger charge is -2.15. The maximum Gasteiger partial charge on any atom is 0.142 e. The van der Waals surface area contributed by atoms with Crippen LogP contribution in [0.4, 0.5) is 5.69 Å². The molecule has 0 aliphatic rings. The molecule has 3 rings (SSSR count). The van der Waals surface area contributed by atoms with Crippen LogP contribution in [-0.2, 0) is 0 Å². The van der Waals surface area contributed by atoms with E-state index < -0.39 is 6.04 Å². The lowest BCUT2D eigenvalue weighted by molar-refractivity contribution is 0.997. The van der Waals surface area contributed by atoms with Crippen LogP contribution in [-0.4, -0.2) is 4.98 Å². The van der Waals surface area contributed by atoms with Gasteiger partial charge in [-0.2, -0.15) is 5.26 Å². The summed E-state index contributed by atoms with van der Waals surface area (Å²) in [4.78, 5) is 4.22. The highest BCUT2D eigenvalue weighted by Gasteiger charge is 2.14. The molecule has 1 heterocycles. The minimum atomic E-state index is -0.484. The van der Waals surface area contributed by atoms with Crippen molar-refractivity contribution >= 4 is 28.1 Å². The zero-order chi connectivity index (χ0) is 14.7. The number of fused-ring (bicyclic) bond motifs is 1. The molecule has 0 radical (unpaired) electrons. The molecule has 1 atom stereocenters. The molecule has 3 aromatic rings. The summed E-state index contributed by atoms with van der Waals surface area (Å²) in [6.45, 7) is 0. The minimum absolute atomic E-state index is 0.484. The molecule has 0 saturated heterocycles. The summed E-state index contributed by atoms with van der Waals surface area (Å²) < 4.78 is 0. The summed E-state index contributed by atoms with van der Waals surface area (Å²) >= 11 is 5.98. The normalized spacial score (nSPS) is 11.8. The number of rotatable bonds is 3. The molecule has 0 saturated carbocycles. The Morgan fingerprint density at radius 2 is 1.95 bits per heavy atom. The molecule has 1 aromatic heterocycles. The second-order valence-corrected chi connectivity index (χ2v) is 5.10. The largest absolute Gasteiger partial charge is 0.366 e. The SMILES string of the molecule is N#CC(Nc1cccc(Cl)c1)c1cncc2ccccc12. The quantitative estimate of drug-likeness (QED) is 0.770. The van der Waals surface area contributed by atoms with Gasteiger partial charge in [0, 0.05) is 34.1 Å². The third kappa shape index (κ3) is 2.81. The Balaban J connectivity index is 2.01. The summed E-state index contributed by atoms with van der Waals surface area (Å²) in [6, 6.07) is 17.0. The number of benzene rings is 2. The highest BCUT2D eigenvalue weighted by atomic mass is 35.5. The van der Waals surface area contributed by atoms with Gasteiger partial charge in [-0.05, 0) is 23.6 Å². The molecule has 1 N–H and O–H groups in total. The predicted octanol–water partition coefficient (Wildman–Crippen LogP) is 4.56. The third-order valence-corrected chi connectivity index (χ3v) is 3.51. The molecule has 0 aliphatic heterocycles. The van der Waals surface area contributed by atoms with Gasteiger partial charge in [0.1, 0.15) is 6.04 Å². The number of nitrogens with one attached hydrogen (secondary N) is 1. The second kappa shape index (κ2) is 5.82. The number of nitrogens with zero attached hydrogens (tertiary/aromatic N) is 2. The predicted molar refractivity (Wildman–Crippen MR) is 85.2 cm³/mol. The molecular formula is C17H12ClN3. The van der Waals surface area contributed by atoms with Crippen molar-refractivity contribution in [3.63, 3.8) is 0 Å². The van der Waals surface area contributed by atoms with Crippen molar-refractivity contribution in [3.05, 3.63) is 71.5 Å². The van der Waals surface area contributed by atoms with Crippen molar-refractivity contribution in [1.29, 1.82) is 5.26 Å². The van der Waals surface area contributed by atoms with Crippen molar-refractivity contribution < 1.29 is 0 Å². The van der Waals surface area contributed by atoms with Crippen molar-refractivity contribution in [2.75, 3.05) is 5.32 Å². The number of aromatic nitrogens is 1. The summed E-state index contributed by atoms with van der Waals surface area (Å²) in [6.07, 6.45) is 3.53. The monoisotopic (exact) mass is 293 g/mol. The number of nitriles is 1. The molecule has 2 aromatic carbocycles. The van der Waals surface area contributed by atoms with Gasteiger partial charge >= 0.3 is 0 Å². The zero-order valence-corrected chi connectivity index (χ0v) is 11.9. The van der Waals surface area contributed by atoms with Gasteiger partial charge in [-0.15, -0.1) is 0 Å². The first-order valence-electron chi connectivity index (χ1n) is 6.52. The fraction of sp³-hybridized carbons (Fsp3) is 0.0588. The Hall–Kier alpha value is -2.57. The lowest BCUT2D eigenvalue weighted by Crippen LogP contribution is -2.09. The number of halogens is 1. The van der Waals surface area contributed by atoms with E-state index in [0.29, 0.717) is 5.02 Å². The maximum absolute atomic E-state index is 9.50. The third-order valence-electron chi connectivity index (χ3n) is 3.27. The molecule has 102 valence electrons. The highest BCUT2D eigenvalue weighted by Crippen LogP contribution is 2.26. The van der Waals surface area contributed by atoms with Crippen LogP contribution in [0, 0.1) is 11.3 Å². The van der Waals surface area contributed by atoms with Gasteiger partial charge in [-0.25, -0.2) is 0 Å². The first-order valence-corrected chi connectivity index (χ1v) is 6.90. The first kappa shape index (κ1) is 13.4. The average Bonchev–Trinajstić information content (AvgIpc) is 2.52. The van der Waals surface area contributed by atoms with Gasteiger partial charge in [-0.3, -0.25) is 4.98 Å². The van der Waals surface area contributed by atoms with Crippen molar-refractivity contribution in [1.82, 2.24) is 4.98 Å². The smallest absolute Gasteiger partial charge is 0.142 e. The van der Waals surface area contributed by atoms with E-state index in [1.807, 2.05) is 36.4 Å². The summed E-state index contributed by atoms with van der Waals surface area (Å²) in [5.41, 5.74) is 1.66. The molecule has 0 spiro atoms. The Bertz CT molecular complexity index is 818. The average molecular weight is 294 g/mol. The van der Waals surface area contributed by atoms with Crippen LogP contribution in [0.3, 0.4) is 0 Å². The van der Waals surface area contributed by atoms with Gasteiger partial charge in [0.05, 0.1) is 6.07 Å². The van der Waals surface area contributed by atoms with Crippen LogP contribution in [0.5, 0.6) is 0 Å². The van der Waals surface area contributed by atoms with Crippen LogP contribution in [0.15, 0.2) is 60.9 Å². The fourth-order valence-electron chi connectivity index (χ4n) is 2.29. The Labute approximate surface area is 127 Å². The van der Waals surface area contributed by atoms with Crippen LogP contribution in [0.2, 0.25) is 5.02 Å². The first-order chi connectivity index (χ1) is 10.3. The molecule has 0 aliphatic carbocycles. The molecular weight excluding hydrogens is 282 g/mol. The second-order valence-electron chi connectivity index (χ2n) is 4.67. The number of hydrogen-bond acceptors (Lipinski definition) is 3. The summed E-state index contributed by atoms with van der Waals surface area (Å²) in [5, 5.41) is 15.4. The van der Waals surface area contributed by atoms with Crippen molar-refractivity contribution in [3.8, 4) is 6.07 Å². The van der Waals surface area contributed by atoms with E-state index >= 15 is 0 Å². The molecule has 3 nitrogen and oxygen atoms in total. The van der Waals surface area contributed by atoms with E-state index in [2.05, 4.69) is 16.4 Å². The standard InChI is InChI=1S/C17H12ClN3/c18-13-5-3-6-14(8-13)21-17(9-19)16-11-20-10-12-4-1-2-7-15(12)16/h1-8,10-11,17,21H. The molecule has 21 heavy (non-hydrogen) atoms. The number of anilines is 1. The molecule has 0 amide bonds. The van der Waals surface area contributed by atoms with Gasteiger partial charge in [0.2, 0.25) is 0 Å². The van der Waals surface area contributed by atoms with E-state index in [0.717, 1.165) is 22.0 Å². The molecule has 1 unspecified atom stereocenters. The van der Waals surface area contributed by atoms with Crippen molar-refractivity contribution in [2.24, 2.45) is 0 Å². The highest BCUT2D eigenvalue weighted by molar-refractivity contribution is 6.30. The number of hydrogen-bond donors (Lipinski definition) is 1. The van der Waals surface area contributed by atoms with E-state index in [9.17, 15) is 5.26 Å².